The van der Waals surface area contributed by atoms with E-state index in [0.29, 0.717) is 0 Å². The molecule has 0 bridgehead atoms. The number of carbonyl (C=O) groups excluding carboxylic acids is 1. The first-order valence-corrected chi connectivity index (χ1v) is 9.12. The van der Waals surface area contributed by atoms with Crippen molar-refractivity contribution >= 4 is 22.4 Å². The molecule has 0 saturated heterocycles. The maximum Gasteiger partial charge on any atom is 0.231 e. The van der Waals surface area contributed by atoms with E-state index in [1.54, 1.807) is 11.3 Å². The molecule has 1 aliphatic heterocycles. The molecule has 2 unspecified atom stereocenters. The molecule has 22 heavy (non-hydrogen) atoms. The molecule has 3 N–H and O–H groups in total. The summed E-state index contributed by atoms with van der Waals surface area (Å²) in [6, 6.07) is 0. The first-order chi connectivity index (χ1) is 10.5. The Kier molecular flexibility index (Phi) is 4.52. The molecular weight excluding hydrogens is 296 g/mol. The number of hydrogen-bond donors (Lipinski definition) is 2. The van der Waals surface area contributed by atoms with Crippen molar-refractivity contribution in [3.05, 3.63) is 10.6 Å². The highest BCUT2D eigenvalue weighted by molar-refractivity contribution is 7.15. The van der Waals surface area contributed by atoms with Crippen LogP contribution in [-0.4, -0.2) is 34.4 Å². The van der Waals surface area contributed by atoms with Crippen molar-refractivity contribution in [2.24, 2.45) is 11.7 Å². The van der Waals surface area contributed by atoms with Gasteiger partial charge in [0, 0.05) is 29.9 Å². The highest BCUT2D eigenvalue weighted by atomic mass is 32.1. The number of nitrogens with zero attached hydrogens (tertiary/aromatic N) is 2. The smallest absolute Gasteiger partial charge is 0.231 e. The molecule has 1 amide bonds. The molecule has 2 aliphatic rings. The van der Waals surface area contributed by atoms with Crippen molar-refractivity contribution in [3.63, 3.8) is 0 Å². The summed E-state index contributed by atoms with van der Waals surface area (Å²) < 4.78 is 0. The van der Waals surface area contributed by atoms with Gasteiger partial charge in [0.2, 0.25) is 5.91 Å². The Morgan fingerprint density at radius 1 is 1.55 bits per heavy atom. The van der Waals surface area contributed by atoms with E-state index in [1.165, 1.54) is 4.88 Å². The number of thiazole rings is 1. The number of fused-ring (bicyclic) bond motifs is 1. The van der Waals surface area contributed by atoms with E-state index in [0.717, 1.165) is 62.6 Å². The minimum absolute atomic E-state index is 0.0446. The third-order valence-corrected chi connectivity index (χ3v) is 6.06. The Bertz CT molecular complexity index is 554. The Morgan fingerprint density at radius 2 is 2.36 bits per heavy atom. The number of hydrogen-bond acceptors (Lipinski definition) is 5. The number of nitrogens with one attached hydrogen (secondary N) is 1. The lowest BCUT2D eigenvalue weighted by Gasteiger charge is -2.36. The summed E-state index contributed by atoms with van der Waals surface area (Å²) in [6.45, 7) is 7.26. The van der Waals surface area contributed by atoms with Crippen molar-refractivity contribution in [3.8, 4) is 0 Å². The SMILES string of the molecule is CCN1CCc2nc(NC(=O)C3CCCCC3(C)N)sc2C1. The normalized spacial score (nSPS) is 29.1. The van der Waals surface area contributed by atoms with Crippen LogP contribution in [0.5, 0.6) is 0 Å². The number of aromatic nitrogens is 1. The van der Waals surface area contributed by atoms with Crippen LogP contribution in [0.2, 0.25) is 0 Å². The van der Waals surface area contributed by atoms with Crippen molar-refractivity contribution in [2.45, 2.75) is 58.0 Å². The van der Waals surface area contributed by atoms with Crippen molar-refractivity contribution in [2.75, 3.05) is 18.4 Å². The summed E-state index contributed by atoms with van der Waals surface area (Å²) in [5.41, 5.74) is 7.09. The van der Waals surface area contributed by atoms with E-state index < -0.39 is 5.54 Å². The molecule has 0 radical (unpaired) electrons. The number of rotatable bonds is 3. The number of nitrogens with two attached hydrogens (primary N) is 1. The number of likely N-dealkylation sites (N-methyl/N-ethyl adjacent to an activating group) is 1. The number of amides is 1. The molecule has 3 rings (SSSR count). The average Bonchev–Trinajstić information content (AvgIpc) is 2.87. The second kappa shape index (κ2) is 6.26. The van der Waals surface area contributed by atoms with Gasteiger partial charge in [-0.05, 0) is 26.3 Å². The lowest BCUT2D eigenvalue weighted by atomic mass is 9.74. The summed E-state index contributed by atoms with van der Waals surface area (Å²) in [5.74, 6) is -0.0579. The van der Waals surface area contributed by atoms with Gasteiger partial charge in [-0.2, -0.15) is 0 Å². The predicted octanol–water partition coefficient (Wildman–Crippen LogP) is 2.37. The van der Waals surface area contributed by atoms with E-state index >= 15 is 0 Å². The van der Waals surface area contributed by atoms with Crippen molar-refractivity contribution in [1.29, 1.82) is 0 Å². The summed E-state index contributed by atoms with van der Waals surface area (Å²) in [5, 5.41) is 3.77. The zero-order valence-corrected chi connectivity index (χ0v) is 14.3. The van der Waals surface area contributed by atoms with Crippen LogP contribution in [0.3, 0.4) is 0 Å². The van der Waals surface area contributed by atoms with Gasteiger partial charge in [0.15, 0.2) is 5.13 Å². The van der Waals surface area contributed by atoms with Crippen molar-refractivity contribution in [1.82, 2.24) is 9.88 Å². The van der Waals surface area contributed by atoms with Crippen LogP contribution in [0.4, 0.5) is 5.13 Å². The molecule has 1 saturated carbocycles. The van der Waals surface area contributed by atoms with Gasteiger partial charge in [0.05, 0.1) is 11.6 Å². The Balaban J connectivity index is 1.69. The molecule has 1 fully saturated rings. The highest BCUT2D eigenvalue weighted by Crippen LogP contribution is 2.34. The monoisotopic (exact) mass is 322 g/mol. The standard InChI is InChI=1S/C16H26N4OS/c1-3-20-9-7-12-13(10-20)22-15(18-12)19-14(21)11-6-4-5-8-16(11,2)17/h11H,3-10,17H2,1-2H3,(H,18,19,21). The molecule has 0 aromatic carbocycles. The summed E-state index contributed by atoms with van der Waals surface area (Å²) >= 11 is 1.62. The first kappa shape index (κ1) is 15.9. The zero-order valence-electron chi connectivity index (χ0n) is 13.5. The molecule has 2 atom stereocenters. The second-order valence-electron chi connectivity index (χ2n) is 6.80. The highest BCUT2D eigenvalue weighted by Gasteiger charge is 2.38. The van der Waals surface area contributed by atoms with Gasteiger partial charge in [-0.1, -0.05) is 19.8 Å². The van der Waals surface area contributed by atoms with E-state index in [9.17, 15) is 4.79 Å². The molecule has 1 aromatic rings. The molecular formula is C16H26N4OS. The lowest BCUT2D eigenvalue weighted by molar-refractivity contribution is -0.122. The summed E-state index contributed by atoms with van der Waals surface area (Å²) in [4.78, 5) is 20.9. The van der Waals surface area contributed by atoms with Crippen LogP contribution >= 0.6 is 11.3 Å². The minimum Gasteiger partial charge on any atom is -0.325 e. The molecule has 1 aromatic heterocycles. The fraction of sp³-hybridized carbons (Fsp3) is 0.750. The van der Waals surface area contributed by atoms with Crippen LogP contribution < -0.4 is 11.1 Å². The number of carbonyl (C=O) groups is 1. The Hall–Kier alpha value is -0.980. The zero-order chi connectivity index (χ0) is 15.7. The molecule has 122 valence electrons. The van der Waals surface area contributed by atoms with E-state index in [-0.39, 0.29) is 11.8 Å². The fourth-order valence-electron chi connectivity index (χ4n) is 3.55. The third-order valence-electron chi connectivity index (χ3n) is 5.06. The Labute approximate surface area is 136 Å². The topological polar surface area (TPSA) is 71.2 Å². The van der Waals surface area contributed by atoms with Crippen LogP contribution in [0, 0.1) is 5.92 Å². The summed E-state index contributed by atoms with van der Waals surface area (Å²) in [6.07, 6.45) is 4.99. The number of anilines is 1. The van der Waals surface area contributed by atoms with Gasteiger partial charge in [0.25, 0.3) is 0 Å². The van der Waals surface area contributed by atoms with Gasteiger partial charge in [-0.15, -0.1) is 11.3 Å². The molecule has 5 nitrogen and oxygen atoms in total. The predicted molar refractivity (Wildman–Crippen MR) is 89.9 cm³/mol. The summed E-state index contributed by atoms with van der Waals surface area (Å²) in [7, 11) is 0. The van der Waals surface area contributed by atoms with Gasteiger partial charge >= 0.3 is 0 Å². The van der Waals surface area contributed by atoms with Gasteiger partial charge in [0.1, 0.15) is 0 Å². The minimum atomic E-state index is -0.391. The molecule has 6 heteroatoms. The third kappa shape index (κ3) is 3.19. The largest absolute Gasteiger partial charge is 0.325 e. The second-order valence-corrected chi connectivity index (χ2v) is 7.88. The van der Waals surface area contributed by atoms with Crippen LogP contribution in [-0.2, 0) is 17.8 Å². The van der Waals surface area contributed by atoms with Gasteiger partial charge in [-0.3, -0.25) is 9.69 Å². The van der Waals surface area contributed by atoms with Crippen molar-refractivity contribution < 1.29 is 4.79 Å². The fourth-order valence-corrected chi connectivity index (χ4v) is 4.61. The van der Waals surface area contributed by atoms with E-state index in [4.69, 9.17) is 5.73 Å². The first-order valence-electron chi connectivity index (χ1n) is 8.30. The van der Waals surface area contributed by atoms with Crippen LogP contribution in [0.25, 0.3) is 0 Å². The van der Waals surface area contributed by atoms with Gasteiger partial charge < -0.3 is 11.1 Å². The maximum absolute atomic E-state index is 12.6. The molecule has 1 aliphatic carbocycles. The Morgan fingerprint density at radius 3 is 3.09 bits per heavy atom. The average molecular weight is 322 g/mol. The maximum atomic E-state index is 12.6. The van der Waals surface area contributed by atoms with Crippen LogP contribution in [0.15, 0.2) is 0 Å². The van der Waals surface area contributed by atoms with E-state index in [1.807, 2.05) is 6.92 Å². The molecule has 0 spiro atoms. The van der Waals surface area contributed by atoms with Crippen LogP contribution in [0.1, 0.15) is 50.1 Å². The van der Waals surface area contributed by atoms with E-state index in [2.05, 4.69) is 22.1 Å². The molecule has 2 heterocycles. The van der Waals surface area contributed by atoms with Gasteiger partial charge in [-0.25, -0.2) is 4.98 Å². The quantitative estimate of drug-likeness (QED) is 0.896. The lowest BCUT2D eigenvalue weighted by Crippen LogP contribution is -2.51.